The zero-order valence-electron chi connectivity index (χ0n) is 14.2. The van der Waals surface area contributed by atoms with Crippen molar-refractivity contribution in [1.82, 2.24) is 0 Å². The lowest BCUT2D eigenvalue weighted by molar-refractivity contribution is 0.0686. The van der Waals surface area contributed by atoms with Crippen molar-refractivity contribution in [3.63, 3.8) is 0 Å². The van der Waals surface area contributed by atoms with E-state index in [9.17, 15) is 9.59 Å². The van der Waals surface area contributed by atoms with Crippen LogP contribution in [0, 0.1) is 0 Å². The summed E-state index contributed by atoms with van der Waals surface area (Å²) >= 11 is 0. The largest absolute Gasteiger partial charge is 0.478 e. The predicted octanol–water partition coefficient (Wildman–Crippen LogP) is 4.70. The number of carboxylic acid groups (broad SMARTS) is 2. The van der Waals surface area contributed by atoms with E-state index in [1.54, 1.807) is 24.3 Å². The Balaban J connectivity index is 1.96. The van der Waals surface area contributed by atoms with E-state index >= 15 is 0 Å². The van der Waals surface area contributed by atoms with Gasteiger partial charge in [0.2, 0.25) is 0 Å². The molecule has 0 aliphatic heterocycles. The van der Waals surface area contributed by atoms with Crippen LogP contribution in [0.5, 0.6) is 0 Å². The third-order valence-corrected chi connectivity index (χ3v) is 5.56. The summed E-state index contributed by atoms with van der Waals surface area (Å²) in [4.78, 5) is 22.2. The Morgan fingerprint density at radius 2 is 1.40 bits per heavy atom. The molecule has 0 amide bonds. The Kier molecular flexibility index (Phi) is 4.62. The average molecular weight is 338 g/mol. The Morgan fingerprint density at radius 3 is 1.92 bits per heavy atom. The summed E-state index contributed by atoms with van der Waals surface area (Å²) in [5.74, 6) is -1.54. The van der Waals surface area contributed by atoms with E-state index in [-0.39, 0.29) is 5.41 Å². The molecule has 0 heterocycles. The lowest BCUT2D eigenvalue weighted by atomic mass is 9.61. The second-order valence-electron chi connectivity index (χ2n) is 7.03. The maximum Gasteiger partial charge on any atom is 0.335 e. The molecule has 2 atom stereocenters. The van der Waals surface area contributed by atoms with E-state index in [0.717, 1.165) is 36.8 Å². The zero-order chi connectivity index (χ0) is 18.0. The average Bonchev–Trinajstić information content (AvgIpc) is 2.62. The molecular formula is C21H22O4. The van der Waals surface area contributed by atoms with Gasteiger partial charge in [-0.1, -0.05) is 44.0 Å². The van der Waals surface area contributed by atoms with Crippen molar-refractivity contribution in [2.24, 2.45) is 0 Å². The number of hydrogen-bond acceptors (Lipinski definition) is 2. The van der Waals surface area contributed by atoms with Crippen LogP contribution in [-0.4, -0.2) is 22.2 Å². The standard InChI is InChI=1S/C21H22O4/c1-21(17-11-9-16(10-12-17)20(24)25)13-3-2-4-18(21)14-5-7-15(8-6-14)19(22)23/h5-12,18H,2-4,13H2,1H3,(H,22,23)(H,24,25). The molecule has 25 heavy (non-hydrogen) atoms. The second kappa shape index (κ2) is 6.71. The molecule has 1 saturated carbocycles. The molecule has 4 heteroatoms. The van der Waals surface area contributed by atoms with E-state index in [0.29, 0.717) is 17.0 Å². The molecule has 1 aliphatic carbocycles. The van der Waals surface area contributed by atoms with E-state index in [1.807, 2.05) is 24.3 Å². The molecule has 0 spiro atoms. The first-order valence-electron chi connectivity index (χ1n) is 8.59. The molecule has 0 saturated heterocycles. The highest BCUT2D eigenvalue weighted by Gasteiger charge is 2.38. The molecule has 2 unspecified atom stereocenters. The minimum absolute atomic E-state index is 0.0833. The van der Waals surface area contributed by atoms with Crippen LogP contribution in [-0.2, 0) is 5.41 Å². The molecule has 3 rings (SSSR count). The van der Waals surface area contributed by atoms with Crippen LogP contribution in [0.4, 0.5) is 0 Å². The summed E-state index contributed by atoms with van der Waals surface area (Å²) in [6, 6.07) is 14.4. The van der Waals surface area contributed by atoms with Crippen molar-refractivity contribution in [1.29, 1.82) is 0 Å². The lowest BCUT2D eigenvalue weighted by Crippen LogP contribution is -2.33. The van der Waals surface area contributed by atoms with Crippen molar-refractivity contribution >= 4 is 11.9 Å². The summed E-state index contributed by atoms with van der Waals surface area (Å²) in [6.07, 6.45) is 4.36. The Hall–Kier alpha value is -2.62. The highest BCUT2D eigenvalue weighted by atomic mass is 16.4. The number of carbonyl (C=O) groups is 2. The van der Waals surface area contributed by atoms with Gasteiger partial charge in [0.25, 0.3) is 0 Å². The molecule has 0 radical (unpaired) electrons. The predicted molar refractivity (Wildman–Crippen MR) is 95.4 cm³/mol. The molecule has 0 bridgehead atoms. The summed E-state index contributed by atoms with van der Waals surface area (Å²) < 4.78 is 0. The molecule has 2 aromatic carbocycles. The monoisotopic (exact) mass is 338 g/mol. The van der Waals surface area contributed by atoms with Crippen LogP contribution in [0.15, 0.2) is 48.5 Å². The van der Waals surface area contributed by atoms with Gasteiger partial charge in [0.15, 0.2) is 0 Å². The van der Waals surface area contributed by atoms with Gasteiger partial charge in [-0.05, 0) is 59.6 Å². The zero-order valence-corrected chi connectivity index (χ0v) is 14.2. The van der Waals surface area contributed by atoms with Crippen molar-refractivity contribution in [2.45, 2.75) is 43.9 Å². The summed E-state index contributed by atoms with van der Waals surface area (Å²) in [6.45, 7) is 2.23. The summed E-state index contributed by atoms with van der Waals surface area (Å²) in [5.41, 5.74) is 2.80. The van der Waals surface area contributed by atoms with Crippen LogP contribution in [0.3, 0.4) is 0 Å². The number of aromatic carboxylic acids is 2. The van der Waals surface area contributed by atoms with E-state index in [4.69, 9.17) is 10.2 Å². The molecule has 2 N–H and O–H groups in total. The molecule has 1 fully saturated rings. The Bertz CT molecular complexity index is 777. The van der Waals surface area contributed by atoms with Crippen molar-refractivity contribution < 1.29 is 19.8 Å². The number of carboxylic acids is 2. The summed E-state index contributed by atoms with van der Waals surface area (Å²) in [5, 5.41) is 18.2. The highest BCUT2D eigenvalue weighted by Crippen LogP contribution is 2.49. The van der Waals surface area contributed by atoms with Crippen LogP contribution in [0.1, 0.15) is 70.4 Å². The third kappa shape index (κ3) is 3.29. The fourth-order valence-corrected chi connectivity index (χ4v) is 4.07. The molecule has 4 nitrogen and oxygen atoms in total. The van der Waals surface area contributed by atoms with E-state index < -0.39 is 11.9 Å². The lowest BCUT2D eigenvalue weighted by Gasteiger charge is -2.42. The smallest absolute Gasteiger partial charge is 0.335 e. The van der Waals surface area contributed by atoms with Gasteiger partial charge in [-0.2, -0.15) is 0 Å². The van der Waals surface area contributed by atoms with Crippen molar-refractivity contribution in [2.75, 3.05) is 0 Å². The van der Waals surface area contributed by atoms with Gasteiger partial charge in [-0.15, -0.1) is 0 Å². The van der Waals surface area contributed by atoms with Crippen molar-refractivity contribution in [3.8, 4) is 0 Å². The normalized spacial score (nSPS) is 23.2. The number of rotatable bonds is 4. The first kappa shape index (κ1) is 17.2. The van der Waals surface area contributed by atoms with E-state index in [2.05, 4.69) is 6.92 Å². The molecule has 130 valence electrons. The van der Waals surface area contributed by atoms with E-state index in [1.165, 1.54) is 0 Å². The van der Waals surface area contributed by atoms with Gasteiger partial charge < -0.3 is 10.2 Å². The Labute approximate surface area is 147 Å². The maximum atomic E-state index is 11.1. The summed E-state index contributed by atoms with van der Waals surface area (Å²) in [7, 11) is 0. The fraction of sp³-hybridized carbons (Fsp3) is 0.333. The maximum absolute atomic E-state index is 11.1. The topological polar surface area (TPSA) is 74.6 Å². The molecular weight excluding hydrogens is 316 g/mol. The first-order valence-corrected chi connectivity index (χ1v) is 8.59. The highest BCUT2D eigenvalue weighted by molar-refractivity contribution is 5.88. The SMILES string of the molecule is CC1(c2ccc(C(=O)O)cc2)CCCCC1c1ccc(C(=O)O)cc1. The van der Waals surface area contributed by atoms with Gasteiger partial charge in [0, 0.05) is 0 Å². The minimum atomic E-state index is -0.916. The van der Waals surface area contributed by atoms with Crippen LogP contribution >= 0.6 is 0 Å². The van der Waals surface area contributed by atoms with Crippen molar-refractivity contribution in [3.05, 3.63) is 70.8 Å². The van der Waals surface area contributed by atoms with Gasteiger partial charge in [-0.3, -0.25) is 0 Å². The van der Waals surface area contributed by atoms with Gasteiger partial charge >= 0.3 is 11.9 Å². The second-order valence-corrected chi connectivity index (χ2v) is 7.03. The molecule has 1 aliphatic rings. The molecule has 0 aromatic heterocycles. The van der Waals surface area contributed by atoms with Crippen LogP contribution in [0.2, 0.25) is 0 Å². The van der Waals surface area contributed by atoms with Gasteiger partial charge in [-0.25, -0.2) is 9.59 Å². The molecule has 2 aromatic rings. The first-order chi connectivity index (χ1) is 11.9. The van der Waals surface area contributed by atoms with Crippen LogP contribution < -0.4 is 0 Å². The van der Waals surface area contributed by atoms with Gasteiger partial charge in [0.05, 0.1) is 11.1 Å². The number of hydrogen-bond donors (Lipinski definition) is 2. The third-order valence-electron chi connectivity index (χ3n) is 5.56. The Morgan fingerprint density at radius 1 is 0.880 bits per heavy atom. The van der Waals surface area contributed by atoms with Gasteiger partial charge in [0.1, 0.15) is 0 Å². The minimum Gasteiger partial charge on any atom is -0.478 e. The van der Waals surface area contributed by atoms with Crippen LogP contribution in [0.25, 0.3) is 0 Å². The number of benzene rings is 2. The fourth-order valence-electron chi connectivity index (χ4n) is 4.07. The quantitative estimate of drug-likeness (QED) is 0.847.